The molecule has 0 spiro atoms. The van der Waals surface area contributed by atoms with Crippen LogP contribution in [0.15, 0.2) is 58.7 Å². The Balaban J connectivity index is 1.43. The molecule has 0 aliphatic rings. The number of H-pyrrole nitrogens is 2. The Labute approximate surface area is 170 Å². The zero-order chi connectivity index (χ0) is 20.2. The zero-order valence-corrected chi connectivity index (χ0v) is 16.4. The lowest BCUT2D eigenvalue weighted by Crippen LogP contribution is -2.07. The van der Waals surface area contributed by atoms with Crippen molar-refractivity contribution in [3.8, 4) is 5.75 Å². The minimum atomic E-state index is -0.285. The van der Waals surface area contributed by atoms with Gasteiger partial charge in [0.15, 0.2) is 0 Å². The van der Waals surface area contributed by atoms with Gasteiger partial charge in [-0.25, -0.2) is 9.78 Å². The van der Waals surface area contributed by atoms with Crippen LogP contribution in [0.3, 0.4) is 0 Å². The molecule has 29 heavy (non-hydrogen) atoms. The molecular formula is C21H18N4O3S. The number of nitrogens with one attached hydrogen (secondary N) is 3. The summed E-state index contributed by atoms with van der Waals surface area (Å²) in [7, 11) is 0. The van der Waals surface area contributed by atoms with Crippen molar-refractivity contribution in [1.29, 1.82) is 0 Å². The Bertz CT molecular complexity index is 1250. The normalized spacial score (nSPS) is 11.2. The average Bonchev–Trinajstić information content (AvgIpc) is 3.29. The minimum absolute atomic E-state index is 0.284. The third-order valence-electron chi connectivity index (χ3n) is 4.16. The van der Waals surface area contributed by atoms with Crippen LogP contribution < -0.4 is 15.7 Å². The molecule has 0 radical (unpaired) electrons. The molecule has 0 saturated heterocycles. The molecule has 0 unspecified atom stereocenters. The van der Waals surface area contributed by atoms with E-state index in [1.165, 1.54) is 6.08 Å². The lowest BCUT2D eigenvalue weighted by atomic mass is 10.2. The number of amides is 1. The number of imidazole rings is 1. The van der Waals surface area contributed by atoms with Gasteiger partial charge in [0, 0.05) is 22.7 Å². The van der Waals surface area contributed by atoms with Gasteiger partial charge < -0.3 is 20.0 Å². The van der Waals surface area contributed by atoms with E-state index in [2.05, 4.69) is 20.3 Å². The number of carbonyl (C=O) groups is 1. The summed E-state index contributed by atoms with van der Waals surface area (Å²) < 4.78 is 5.86. The van der Waals surface area contributed by atoms with E-state index < -0.39 is 0 Å². The summed E-state index contributed by atoms with van der Waals surface area (Å²) in [6.45, 7) is 2.32. The molecule has 2 heterocycles. The first-order chi connectivity index (χ1) is 14.1. The third kappa shape index (κ3) is 4.61. The molecule has 146 valence electrons. The average molecular weight is 406 g/mol. The van der Waals surface area contributed by atoms with E-state index in [4.69, 9.17) is 4.74 Å². The second-order valence-electron chi connectivity index (χ2n) is 6.35. The second-order valence-corrected chi connectivity index (χ2v) is 7.41. The second kappa shape index (κ2) is 8.15. The van der Waals surface area contributed by atoms with E-state index >= 15 is 0 Å². The summed E-state index contributed by atoms with van der Waals surface area (Å²) in [5, 5.41) is 5.75. The van der Waals surface area contributed by atoms with Gasteiger partial charge in [-0.05, 0) is 37.3 Å². The van der Waals surface area contributed by atoms with Gasteiger partial charge in [0.2, 0.25) is 5.91 Å². The van der Waals surface area contributed by atoms with Crippen molar-refractivity contribution >= 4 is 40.0 Å². The number of nitrogens with zero attached hydrogens (tertiary/aromatic N) is 1. The van der Waals surface area contributed by atoms with E-state index in [0.29, 0.717) is 29.1 Å². The number of hydrogen-bond donors (Lipinski definition) is 3. The molecule has 0 aliphatic heterocycles. The molecule has 3 N–H and O–H groups in total. The number of anilines is 1. The minimum Gasteiger partial charge on any atom is -0.487 e. The fraction of sp³-hybridized carbons (Fsp3) is 0.0952. The SMILES string of the molecule is Cc1nc(COc2ccccc2/C=C/C(=O)Nc2ccc3[nH]c(=O)[nH]c3c2)cs1. The summed E-state index contributed by atoms with van der Waals surface area (Å²) >= 11 is 1.58. The number of carbonyl (C=O) groups excluding carboxylic acids is 1. The quantitative estimate of drug-likeness (QED) is 0.424. The number of thiazole rings is 1. The zero-order valence-electron chi connectivity index (χ0n) is 15.6. The number of rotatable bonds is 6. The molecular weight excluding hydrogens is 388 g/mol. The smallest absolute Gasteiger partial charge is 0.323 e. The number of aromatic amines is 2. The maximum absolute atomic E-state index is 12.3. The summed E-state index contributed by atoms with van der Waals surface area (Å²) in [6.07, 6.45) is 3.15. The fourth-order valence-corrected chi connectivity index (χ4v) is 3.43. The number of ether oxygens (including phenoxy) is 1. The van der Waals surface area contributed by atoms with Gasteiger partial charge in [0.1, 0.15) is 12.4 Å². The molecule has 0 saturated carbocycles. The van der Waals surface area contributed by atoms with Gasteiger partial charge in [-0.3, -0.25) is 4.79 Å². The van der Waals surface area contributed by atoms with E-state index in [1.807, 2.05) is 36.6 Å². The molecule has 0 fully saturated rings. The van der Waals surface area contributed by atoms with Crippen molar-refractivity contribution in [3.63, 3.8) is 0 Å². The molecule has 4 rings (SSSR count). The highest BCUT2D eigenvalue weighted by atomic mass is 32.1. The Morgan fingerprint density at radius 3 is 2.86 bits per heavy atom. The van der Waals surface area contributed by atoms with Crippen LogP contribution >= 0.6 is 11.3 Å². The van der Waals surface area contributed by atoms with Gasteiger partial charge in [-0.2, -0.15) is 0 Å². The van der Waals surface area contributed by atoms with E-state index in [9.17, 15) is 9.59 Å². The van der Waals surface area contributed by atoms with Gasteiger partial charge in [0.25, 0.3) is 0 Å². The predicted molar refractivity (Wildman–Crippen MR) is 114 cm³/mol. The summed E-state index contributed by atoms with van der Waals surface area (Å²) in [4.78, 5) is 33.3. The maximum Gasteiger partial charge on any atom is 0.323 e. The first kappa shape index (κ1) is 18.7. The Morgan fingerprint density at radius 2 is 2.03 bits per heavy atom. The van der Waals surface area contributed by atoms with E-state index in [0.717, 1.165) is 16.3 Å². The van der Waals surface area contributed by atoms with E-state index in [-0.39, 0.29) is 11.6 Å². The van der Waals surface area contributed by atoms with Crippen molar-refractivity contribution in [2.45, 2.75) is 13.5 Å². The predicted octanol–water partition coefficient (Wildman–Crippen LogP) is 3.85. The van der Waals surface area contributed by atoms with Crippen molar-refractivity contribution < 1.29 is 9.53 Å². The van der Waals surface area contributed by atoms with E-state index in [1.54, 1.807) is 35.6 Å². The number of benzene rings is 2. The van der Waals surface area contributed by atoms with Crippen LogP contribution in [0.2, 0.25) is 0 Å². The summed E-state index contributed by atoms with van der Waals surface area (Å²) in [6, 6.07) is 12.7. The molecule has 0 aliphatic carbocycles. The highest BCUT2D eigenvalue weighted by molar-refractivity contribution is 7.09. The van der Waals surface area contributed by atoms with Crippen LogP contribution in [0.1, 0.15) is 16.3 Å². The summed E-state index contributed by atoms with van der Waals surface area (Å²) in [5.74, 6) is 0.390. The molecule has 8 heteroatoms. The number of para-hydroxylation sites is 1. The Morgan fingerprint density at radius 1 is 1.21 bits per heavy atom. The van der Waals surface area contributed by atoms with Crippen LogP contribution in [-0.2, 0) is 11.4 Å². The molecule has 7 nitrogen and oxygen atoms in total. The standard InChI is InChI=1S/C21H18N4O3S/c1-13-22-16(12-29-13)11-28-19-5-3-2-4-14(19)6-9-20(26)23-15-7-8-17-18(10-15)25-21(27)24-17/h2-10,12H,11H2,1H3,(H,23,26)(H2,24,25,27)/b9-6+. The van der Waals surface area contributed by atoms with Gasteiger partial charge in [0.05, 0.1) is 21.7 Å². The largest absolute Gasteiger partial charge is 0.487 e. The lowest BCUT2D eigenvalue weighted by Gasteiger charge is -2.08. The topological polar surface area (TPSA) is 99.9 Å². The molecule has 2 aromatic carbocycles. The van der Waals surface area contributed by atoms with Crippen molar-refractivity contribution in [2.24, 2.45) is 0 Å². The molecule has 4 aromatic rings. The first-order valence-electron chi connectivity index (χ1n) is 8.91. The molecule has 2 aromatic heterocycles. The van der Waals surface area contributed by atoms with Crippen LogP contribution in [-0.4, -0.2) is 20.9 Å². The van der Waals surface area contributed by atoms with Crippen molar-refractivity contribution in [2.75, 3.05) is 5.32 Å². The number of aryl methyl sites for hydroxylation is 1. The molecule has 1 amide bonds. The van der Waals surface area contributed by atoms with Crippen molar-refractivity contribution in [1.82, 2.24) is 15.0 Å². The summed E-state index contributed by atoms with van der Waals surface area (Å²) in [5.41, 5.74) is 3.29. The number of hydrogen-bond acceptors (Lipinski definition) is 5. The number of fused-ring (bicyclic) bond motifs is 1. The monoisotopic (exact) mass is 406 g/mol. The maximum atomic E-state index is 12.3. The van der Waals surface area contributed by atoms with Gasteiger partial charge in [-0.15, -0.1) is 11.3 Å². The molecule has 0 atom stereocenters. The molecule has 0 bridgehead atoms. The third-order valence-corrected chi connectivity index (χ3v) is 4.98. The lowest BCUT2D eigenvalue weighted by molar-refractivity contribution is -0.111. The van der Waals surface area contributed by atoms with Gasteiger partial charge in [-0.1, -0.05) is 18.2 Å². The fourth-order valence-electron chi connectivity index (χ4n) is 2.84. The Kier molecular flexibility index (Phi) is 5.26. The van der Waals surface area contributed by atoms with Gasteiger partial charge >= 0.3 is 5.69 Å². The van der Waals surface area contributed by atoms with Crippen LogP contribution in [0, 0.1) is 6.92 Å². The van der Waals surface area contributed by atoms with Crippen LogP contribution in [0.25, 0.3) is 17.1 Å². The number of aromatic nitrogens is 3. The van der Waals surface area contributed by atoms with Crippen LogP contribution in [0.4, 0.5) is 5.69 Å². The Hall–Kier alpha value is -3.65. The highest BCUT2D eigenvalue weighted by Gasteiger charge is 2.05. The van der Waals surface area contributed by atoms with Crippen molar-refractivity contribution in [3.05, 3.63) is 80.7 Å². The van der Waals surface area contributed by atoms with Crippen LogP contribution in [0.5, 0.6) is 5.75 Å². The highest BCUT2D eigenvalue weighted by Crippen LogP contribution is 2.21. The first-order valence-corrected chi connectivity index (χ1v) is 9.79.